The lowest BCUT2D eigenvalue weighted by molar-refractivity contribution is 0.158. The molecule has 0 fully saturated rings. The van der Waals surface area contributed by atoms with Crippen LogP contribution in [0.1, 0.15) is 19.4 Å². The highest BCUT2D eigenvalue weighted by atomic mass is 79.9. The van der Waals surface area contributed by atoms with Crippen molar-refractivity contribution in [2.24, 2.45) is 0 Å². The number of rotatable bonds is 0. The van der Waals surface area contributed by atoms with Gasteiger partial charge < -0.3 is 4.74 Å². The molecule has 0 aliphatic carbocycles. The van der Waals surface area contributed by atoms with Crippen molar-refractivity contribution in [3.8, 4) is 5.75 Å². The molecular formula is C21H15BrN2O. The van der Waals surface area contributed by atoms with E-state index >= 15 is 0 Å². The summed E-state index contributed by atoms with van der Waals surface area (Å²) in [6.45, 7) is 4.11. The standard InChI is InChI=1S/C21H15BrN2O/c1-21(2)17(22)11-14-19-18(23-15-9-5-6-10-16(15)24-19)12-7-3-4-8-13(12)20(14)25-21/h3-11H,1-2H3. The number of hydrogen-bond donors (Lipinski definition) is 0. The molecule has 3 aromatic carbocycles. The number of ether oxygens (including phenoxy) is 1. The van der Waals surface area contributed by atoms with E-state index in [0.717, 1.165) is 48.6 Å². The maximum atomic E-state index is 6.38. The number of benzene rings is 3. The molecule has 1 aliphatic rings. The molecule has 0 radical (unpaired) electrons. The molecule has 122 valence electrons. The summed E-state index contributed by atoms with van der Waals surface area (Å²) in [4.78, 5) is 9.83. The van der Waals surface area contributed by atoms with Gasteiger partial charge in [0.15, 0.2) is 0 Å². The minimum absolute atomic E-state index is 0.409. The summed E-state index contributed by atoms with van der Waals surface area (Å²) >= 11 is 3.67. The lowest BCUT2D eigenvalue weighted by Crippen LogP contribution is -2.31. The predicted octanol–water partition coefficient (Wildman–Crippen LogP) is 5.84. The molecule has 0 amide bonds. The highest BCUT2D eigenvalue weighted by Crippen LogP contribution is 2.45. The van der Waals surface area contributed by atoms with Gasteiger partial charge in [-0.2, -0.15) is 0 Å². The van der Waals surface area contributed by atoms with Gasteiger partial charge in [-0.25, -0.2) is 9.97 Å². The first-order valence-corrected chi connectivity index (χ1v) is 9.02. The normalized spacial score (nSPS) is 15.9. The summed E-state index contributed by atoms with van der Waals surface area (Å²) in [5.41, 5.74) is 4.15. The molecule has 0 N–H and O–H groups in total. The Bertz CT molecular complexity index is 1210. The highest BCUT2D eigenvalue weighted by Gasteiger charge is 2.32. The molecular weight excluding hydrogens is 376 g/mol. The SMILES string of the molecule is CC1(C)Oc2c(c3nc4ccccc4nc3c3ccccc23)C=C1Br. The van der Waals surface area contributed by atoms with Crippen LogP contribution in [0.4, 0.5) is 0 Å². The molecule has 25 heavy (non-hydrogen) atoms. The Hall–Kier alpha value is -2.46. The average Bonchev–Trinajstić information content (AvgIpc) is 2.62. The molecule has 0 saturated heterocycles. The van der Waals surface area contributed by atoms with Crippen LogP contribution in [0.25, 0.3) is 38.9 Å². The number of fused-ring (bicyclic) bond motifs is 7. The first-order valence-electron chi connectivity index (χ1n) is 8.22. The zero-order chi connectivity index (χ0) is 17.2. The molecule has 0 atom stereocenters. The van der Waals surface area contributed by atoms with Crippen molar-refractivity contribution in [2.45, 2.75) is 19.4 Å². The van der Waals surface area contributed by atoms with Gasteiger partial charge >= 0.3 is 0 Å². The number of para-hydroxylation sites is 2. The van der Waals surface area contributed by atoms with Crippen molar-refractivity contribution < 1.29 is 4.74 Å². The number of aromatic nitrogens is 2. The molecule has 0 bridgehead atoms. The smallest absolute Gasteiger partial charge is 0.138 e. The fourth-order valence-electron chi connectivity index (χ4n) is 3.36. The molecule has 0 unspecified atom stereocenters. The van der Waals surface area contributed by atoms with Gasteiger partial charge in [0.05, 0.1) is 16.6 Å². The van der Waals surface area contributed by atoms with E-state index in [9.17, 15) is 0 Å². The molecule has 0 spiro atoms. The summed E-state index contributed by atoms with van der Waals surface area (Å²) < 4.78 is 7.38. The predicted molar refractivity (Wildman–Crippen MR) is 106 cm³/mol. The van der Waals surface area contributed by atoms with Crippen LogP contribution in [0.3, 0.4) is 0 Å². The van der Waals surface area contributed by atoms with Crippen molar-refractivity contribution >= 4 is 54.8 Å². The topological polar surface area (TPSA) is 35.0 Å². The Morgan fingerprint density at radius 3 is 2.16 bits per heavy atom. The Morgan fingerprint density at radius 1 is 0.840 bits per heavy atom. The molecule has 1 aliphatic heterocycles. The van der Waals surface area contributed by atoms with E-state index in [-0.39, 0.29) is 0 Å². The molecule has 4 heteroatoms. The largest absolute Gasteiger partial charge is 0.481 e. The minimum Gasteiger partial charge on any atom is -0.481 e. The van der Waals surface area contributed by atoms with Crippen molar-refractivity contribution in [1.29, 1.82) is 0 Å². The van der Waals surface area contributed by atoms with Crippen molar-refractivity contribution in [1.82, 2.24) is 9.97 Å². The lowest BCUT2D eigenvalue weighted by Gasteiger charge is -2.32. The van der Waals surface area contributed by atoms with Crippen LogP contribution in [-0.4, -0.2) is 15.6 Å². The van der Waals surface area contributed by atoms with Crippen molar-refractivity contribution in [3.05, 3.63) is 58.6 Å². The van der Waals surface area contributed by atoms with E-state index in [1.165, 1.54) is 0 Å². The van der Waals surface area contributed by atoms with Crippen LogP contribution in [0, 0.1) is 0 Å². The quantitative estimate of drug-likeness (QED) is 0.279. The third-order valence-electron chi connectivity index (χ3n) is 4.70. The fraction of sp³-hybridized carbons (Fsp3) is 0.143. The molecule has 5 rings (SSSR count). The lowest BCUT2D eigenvalue weighted by atomic mass is 9.96. The van der Waals surface area contributed by atoms with Crippen LogP contribution in [0.15, 0.2) is 53.0 Å². The maximum Gasteiger partial charge on any atom is 0.138 e. The Kier molecular flexibility index (Phi) is 2.98. The van der Waals surface area contributed by atoms with Gasteiger partial charge in [0.1, 0.15) is 16.9 Å². The third kappa shape index (κ3) is 2.10. The van der Waals surface area contributed by atoms with Crippen LogP contribution in [0.2, 0.25) is 0 Å². The van der Waals surface area contributed by atoms with E-state index in [1.54, 1.807) is 0 Å². The Morgan fingerprint density at radius 2 is 1.44 bits per heavy atom. The van der Waals surface area contributed by atoms with Crippen LogP contribution < -0.4 is 4.74 Å². The van der Waals surface area contributed by atoms with Crippen molar-refractivity contribution in [2.75, 3.05) is 0 Å². The van der Waals surface area contributed by atoms with Gasteiger partial charge in [0.2, 0.25) is 0 Å². The molecule has 1 aromatic heterocycles. The number of halogens is 1. The minimum atomic E-state index is -0.409. The number of nitrogens with zero attached hydrogens (tertiary/aromatic N) is 2. The van der Waals surface area contributed by atoms with Gasteiger partial charge in [0, 0.05) is 20.8 Å². The molecule has 4 aromatic rings. The van der Waals surface area contributed by atoms with Crippen LogP contribution in [0.5, 0.6) is 5.75 Å². The maximum absolute atomic E-state index is 6.38. The molecule has 3 nitrogen and oxygen atoms in total. The van der Waals surface area contributed by atoms with E-state index in [1.807, 2.05) is 36.4 Å². The second-order valence-corrected chi connectivity index (χ2v) is 7.66. The van der Waals surface area contributed by atoms with Gasteiger partial charge in [-0.05, 0) is 32.1 Å². The fourth-order valence-corrected chi connectivity index (χ4v) is 3.67. The first kappa shape index (κ1) is 14.8. The summed E-state index contributed by atoms with van der Waals surface area (Å²) in [5, 5.41) is 2.13. The average molecular weight is 391 g/mol. The van der Waals surface area contributed by atoms with E-state index in [2.05, 4.69) is 48.0 Å². The van der Waals surface area contributed by atoms with Crippen molar-refractivity contribution in [3.63, 3.8) is 0 Å². The van der Waals surface area contributed by atoms with E-state index < -0.39 is 5.60 Å². The van der Waals surface area contributed by atoms with Crippen LogP contribution >= 0.6 is 15.9 Å². The number of hydrogen-bond acceptors (Lipinski definition) is 3. The third-order valence-corrected chi connectivity index (χ3v) is 5.88. The van der Waals surface area contributed by atoms with Gasteiger partial charge in [-0.15, -0.1) is 0 Å². The van der Waals surface area contributed by atoms with Crippen LogP contribution in [-0.2, 0) is 0 Å². The molecule has 0 saturated carbocycles. The second kappa shape index (κ2) is 5.02. The second-order valence-electron chi connectivity index (χ2n) is 6.80. The Balaban J connectivity index is 2.04. The first-order chi connectivity index (χ1) is 12.0. The van der Waals surface area contributed by atoms with E-state index in [4.69, 9.17) is 14.7 Å². The van der Waals surface area contributed by atoms with Gasteiger partial charge in [-0.1, -0.05) is 52.3 Å². The molecule has 2 heterocycles. The van der Waals surface area contributed by atoms with Gasteiger partial charge in [0.25, 0.3) is 0 Å². The summed E-state index contributed by atoms with van der Waals surface area (Å²) in [6, 6.07) is 16.2. The monoisotopic (exact) mass is 390 g/mol. The Labute approximate surface area is 153 Å². The van der Waals surface area contributed by atoms with E-state index in [0.29, 0.717) is 0 Å². The zero-order valence-corrected chi connectivity index (χ0v) is 15.5. The van der Waals surface area contributed by atoms with Gasteiger partial charge in [-0.3, -0.25) is 0 Å². The zero-order valence-electron chi connectivity index (χ0n) is 13.9. The summed E-state index contributed by atoms with van der Waals surface area (Å²) in [5.74, 6) is 0.876. The summed E-state index contributed by atoms with van der Waals surface area (Å²) in [6.07, 6.45) is 2.12. The highest BCUT2D eigenvalue weighted by molar-refractivity contribution is 9.11. The summed E-state index contributed by atoms with van der Waals surface area (Å²) in [7, 11) is 0.